The predicted molar refractivity (Wildman–Crippen MR) is 96.5 cm³/mol. The van der Waals surface area contributed by atoms with Crippen molar-refractivity contribution in [2.24, 2.45) is 0 Å². The molecule has 2 aromatic carbocycles. The molecular formula is C20H21N3O2. The zero-order valence-electron chi connectivity index (χ0n) is 14.0. The van der Waals surface area contributed by atoms with Gasteiger partial charge in [-0.05, 0) is 34.9 Å². The average molecular weight is 335 g/mol. The summed E-state index contributed by atoms with van der Waals surface area (Å²) in [4.78, 5) is 10.6. The van der Waals surface area contributed by atoms with Crippen LogP contribution in [0.15, 0.2) is 55.0 Å². The summed E-state index contributed by atoms with van der Waals surface area (Å²) < 4.78 is 5.78. The summed E-state index contributed by atoms with van der Waals surface area (Å²) >= 11 is 0. The van der Waals surface area contributed by atoms with Gasteiger partial charge in [0.2, 0.25) is 0 Å². The minimum atomic E-state index is -0.533. The van der Waals surface area contributed by atoms with Gasteiger partial charge in [-0.2, -0.15) is 0 Å². The Bertz CT molecular complexity index is 868. The first-order valence-electron chi connectivity index (χ1n) is 8.58. The van der Waals surface area contributed by atoms with Crippen molar-refractivity contribution < 1.29 is 9.84 Å². The van der Waals surface area contributed by atoms with E-state index in [1.54, 1.807) is 6.33 Å². The van der Waals surface area contributed by atoms with E-state index in [0.29, 0.717) is 6.54 Å². The first-order chi connectivity index (χ1) is 12.3. The van der Waals surface area contributed by atoms with Crippen molar-refractivity contribution >= 4 is 10.8 Å². The summed E-state index contributed by atoms with van der Waals surface area (Å²) in [6.45, 7) is 2.53. The van der Waals surface area contributed by atoms with Crippen LogP contribution in [0.4, 0.5) is 0 Å². The quantitative estimate of drug-likeness (QED) is 0.776. The number of nitrogens with zero attached hydrogens (tertiary/aromatic N) is 3. The summed E-state index contributed by atoms with van der Waals surface area (Å²) in [7, 11) is 0. The van der Waals surface area contributed by atoms with E-state index in [1.807, 2.05) is 36.5 Å². The van der Waals surface area contributed by atoms with Gasteiger partial charge >= 0.3 is 0 Å². The smallest absolute Gasteiger partial charge is 0.120 e. The van der Waals surface area contributed by atoms with E-state index in [-0.39, 0.29) is 6.61 Å². The molecule has 0 saturated heterocycles. The molecule has 2 heterocycles. The maximum atomic E-state index is 10.3. The third kappa shape index (κ3) is 3.78. The first-order valence-corrected chi connectivity index (χ1v) is 8.58. The number of fused-ring (bicyclic) bond motifs is 2. The Balaban J connectivity index is 1.32. The molecule has 0 fully saturated rings. The van der Waals surface area contributed by atoms with E-state index in [4.69, 9.17) is 4.74 Å². The zero-order chi connectivity index (χ0) is 17.1. The third-order valence-corrected chi connectivity index (χ3v) is 4.58. The summed E-state index contributed by atoms with van der Waals surface area (Å²) in [6.07, 6.45) is 3.87. The minimum Gasteiger partial charge on any atom is -0.491 e. The van der Waals surface area contributed by atoms with Crippen molar-refractivity contribution in [3.63, 3.8) is 0 Å². The summed E-state index contributed by atoms with van der Waals surface area (Å²) in [6, 6.07) is 14.2. The number of aliphatic hydroxyl groups is 1. The lowest BCUT2D eigenvalue weighted by molar-refractivity contribution is 0.0632. The fourth-order valence-electron chi connectivity index (χ4n) is 3.26. The van der Waals surface area contributed by atoms with Crippen LogP contribution in [0.2, 0.25) is 0 Å². The van der Waals surface area contributed by atoms with Gasteiger partial charge in [-0.15, -0.1) is 0 Å². The molecular weight excluding hydrogens is 314 g/mol. The highest BCUT2D eigenvalue weighted by Gasteiger charge is 2.20. The van der Waals surface area contributed by atoms with Crippen LogP contribution < -0.4 is 4.74 Å². The van der Waals surface area contributed by atoms with Crippen LogP contribution in [0.1, 0.15) is 11.3 Å². The standard InChI is InChI=1S/C20H21N3O2/c24-18(11-23-8-7-17-10-21-14-22-20(17)12-23)13-25-19-6-5-15-3-1-2-4-16(15)9-19/h1-6,9-10,14,18,24H,7-8,11-13H2/t18-/m1/s1. The number of aliphatic hydroxyl groups excluding tert-OH is 1. The van der Waals surface area contributed by atoms with Gasteiger partial charge in [-0.3, -0.25) is 4.90 Å². The van der Waals surface area contributed by atoms with Crippen LogP contribution in [0, 0.1) is 0 Å². The van der Waals surface area contributed by atoms with Crippen molar-refractivity contribution in [3.05, 3.63) is 66.2 Å². The molecule has 1 aromatic heterocycles. The first kappa shape index (κ1) is 16.0. The molecule has 1 aliphatic heterocycles. The molecule has 0 saturated carbocycles. The number of aromatic nitrogens is 2. The Kier molecular flexibility index (Phi) is 4.59. The van der Waals surface area contributed by atoms with Gasteiger partial charge < -0.3 is 9.84 Å². The minimum absolute atomic E-state index is 0.283. The molecule has 128 valence electrons. The molecule has 0 bridgehead atoms. The van der Waals surface area contributed by atoms with Gasteiger partial charge in [0.25, 0.3) is 0 Å². The molecule has 5 nitrogen and oxygen atoms in total. The summed E-state index contributed by atoms with van der Waals surface area (Å²) in [5.74, 6) is 0.787. The Hall–Kier alpha value is -2.50. The molecule has 1 atom stereocenters. The fraction of sp³-hybridized carbons (Fsp3) is 0.300. The van der Waals surface area contributed by atoms with E-state index in [9.17, 15) is 5.11 Å². The normalized spacial score (nSPS) is 15.7. The van der Waals surface area contributed by atoms with Gasteiger partial charge in [-0.1, -0.05) is 30.3 Å². The average Bonchev–Trinajstić information content (AvgIpc) is 2.66. The van der Waals surface area contributed by atoms with Crippen molar-refractivity contribution in [1.29, 1.82) is 0 Å². The topological polar surface area (TPSA) is 58.5 Å². The third-order valence-electron chi connectivity index (χ3n) is 4.58. The van der Waals surface area contributed by atoms with Crippen LogP contribution in [-0.2, 0) is 13.0 Å². The van der Waals surface area contributed by atoms with Crippen molar-refractivity contribution in [1.82, 2.24) is 14.9 Å². The largest absolute Gasteiger partial charge is 0.491 e. The lowest BCUT2D eigenvalue weighted by atomic mass is 10.1. The number of rotatable bonds is 5. The van der Waals surface area contributed by atoms with Gasteiger partial charge in [0.15, 0.2) is 0 Å². The maximum Gasteiger partial charge on any atom is 0.120 e. The molecule has 0 aliphatic carbocycles. The van der Waals surface area contributed by atoms with E-state index < -0.39 is 6.10 Å². The Morgan fingerprint density at radius 2 is 2.04 bits per heavy atom. The SMILES string of the molecule is O[C@@H](COc1ccc2ccccc2c1)CN1CCc2cncnc2C1. The summed E-state index contributed by atoms with van der Waals surface area (Å²) in [5.41, 5.74) is 2.27. The lowest BCUT2D eigenvalue weighted by Crippen LogP contribution is -2.39. The van der Waals surface area contributed by atoms with E-state index in [2.05, 4.69) is 27.0 Å². The lowest BCUT2D eigenvalue weighted by Gasteiger charge is -2.29. The second-order valence-electron chi connectivity index (χ2n) is 6.45. The van der Waals surface area contributed by atoms with Crippen LogP contribution in [0.3, 0.4) is 0 Å². The molecule has 4 rings (SSSR count). The van der Waals surface area contributed by atoms with E-state index in [1.165, 1.54) is 10.9 Å². The number of hydrogen-bond acceptors (Lipinski definition) is 5. The number of β-amino-alcohol motifs (C(OH)–C–C–N with tert-alkyl or cyclic N) is 1. The second-order valence-corrected chi connectivity index (χ2v) is 6.45. The van der Waals surface area contributed by atoms with Crippen LogP contribution in [0.25, 0.3) is 10.8 Å². The Morgan fingerprint density at radius 1 is 1.16 bits per heavy atom. The molecule has 3 aromatic rings. The zero-order valence-corrected chi connectivity index (χ0v) is 14.0. The Labute approximate surface area is 146 Å². The van der Waals surface area contributed by atoms with E-state index in [0.717, 1.165) is 36.3 Å². The molecule has 0 unspecified atom stereocenters. The number of hydrogen-bond donors (Lipinski definition) is 1. The van der Waals surface area contributed by atoms with E-state index >= 15 is 0 Å². The molecule has 0 spiro atoms. The highest BCUT2D eigenvalue weighted by molar-refractivity contribution is 5.83. The highest BCUT2D eigenvalue weighted by atomic mass is 16.5. The van der Waals surface area contributed by atoms with Crippen LogP contribution in [-0.4, -0.2) is 45.8 Å². The van der Waals surface area contributed by atoms with Crippen molar-refractivity contribution in [3.8, 4) is 5.75 Å². The maximum absolute atomic E-state index is 10.3. The predicted octanol–water partition coefficient (Wildman–Crippen LogP) is 2.43. The Morgan fingerprint density at radius 3 is 2.96 bits per heavy atom. The molecule has 0 amide bonds. The molecule has 1 N–H and O–H groups in total. The fourth-order valence-corrected chi connectivity index (χ4v) is 3.26. The van der Waals surface area contributed by atoms with Crippen molar-refractivity contribution in [2.75, 3.05) is 19.7 Å². The van der Waals surface area contributed by atoms with Crippen LogP contribution in [0.5, 0.6) is 5.75 Å². The number of ether oxygens (including phenoxy) is 1. The second kappa shape index (κ2) is 7.17. The van der Waals surface area contributed by atoms with Crippen LogP contribution >= 0.6 is 0 Å². The number of benzene rings is 2. The molecule has 5 heteroatoms. The highest BCUT2D eigenvalue weighted by Crippen LogP contribution is 2.21. The van der Waals surface area contributed by atoms with Crippen molar-refractivity contribution in [2.45, 2.75) is 19.1 Å². The van der Waals surface area contributed by atoms with Gasteiger partial charge in [0, 0.05) is 25.8 Å². The molecule has 25 heavy (non-hydrogen) atoms. The monoisotopic (exact) mass is 335 g/mol. The van der Waals surface area contributed by atoms with Gasteiger partial charge in [-0.25, -0.2) is 9.97 Å². The molecule has 1 aliphatic rings. The molecule has 0 radical (unpaired) electrons. The van der Waals surface area contributed by atoms with Gasteiger partial charge in [0.1, 0.15) is 24.8 Å². The van der Waals surface area contributed by atoms with Gasteiger partial charge in [0.05, 0.1) is 5.69 Å². The summed E-state index contributed by atoms with van der Waals surface area (Å²) in [5, 5.41) is 12.6.